The van der Waals surface area contributed by atoms with Gasteiger partial charge in [-0.25, -0.2) is 9.98 Å². The van der Waals surface area contributed by atoms with Crippen molar-refractivity contribution in [3.05, 3.63) is 46.1 Å². The lowest BCUT2D eigenvalue weighted by Gasteiger charge is -2.32. The van der Waals surface area contributed by atoms with Gasteiger partial charge in [0.1, 0.15) is 18.1 Å². The predicted octanol–water partition coefficient (Wildman–Crippen LogP) is 2.55. The van der Waals surface area contributed by atoms with Crippen LogP contribution in [0.1, 0.15) is 11.1 Å². The lowest BCUT2D eigenvalue weighted by Crippen LogP contribution is -2.31. The van der Waals surface area contributed by atoms with Crippen molar-refractivity contribution in [2.75, 3.05) is 13.7 Å². The van der Waals surface area contributed by atoms with Crippen LogP contribution in [0.3, 0.4) is 0 Å². The van der Waals surface area contributed by atoms with Gasteiger partial charge in [-0.1, -0.05) is 15.9 Å². The second-order valence-electron chi connectivity index (χ2n) is 5.07. The van der Waals surface area contributed by atoms with Gasteiger partial charge in [0.25, 0.3) is 6.02 Å². The molecule has 2 aliphatic rings. The molecule has 112 valence electrons. The molecule has 0 saturated carbocycles. The van der Waals surface area contributed by atoms with Crippen molar-refractivity contribution >= 4 is 22.0 Å². The van der Waals surface area contributed by atoms with E-state index in [9.17, 15) is 0 Å². The minimum Gasteiger partial charge on any atom is -0.495 e. The number of nitrogens with zero attached hydrogens (tertiary/aromatic N) is 2. The van der Waals surface area contributed by atoms with Gasteiger partial charge in [0.2, 0.25) is 5.88 Å². The number of halogens is 1. The lowest BCUT2D eigenvalue weighted by atomic mass is 9.82. The van der Waals surface area contributed by atoms with Crippen LogP contribution in [0, 0.1) is 0 Å². The zero-order chi connectivity index (χ0) is 15.3. The fourth-order valence-corrected chi connectivity index (χ4v) is 3.15. The summed E-state index contributed by atoms with van der Waals surface area (Å²) in [6.07, 6.45) is 1.61. The molecule has 3 heterocycles. The molecule has 7 heteroatoms. The molecule has 1 spiro atoms. The minimum atomic E-state index is -0.766. The first-order valence-electron chi connectivity index (χ1n) is 6.63. The summed E-state index contributed by atoms with van der Waals surface area (Å²) in [4.78, 5) is 8.89. The third-order valence-electron chi connectivity index (χ3n) is 3.83. The number of fused-ring (bicyclic) bond motifs is 4. The van der Waals surface area contributed by atoms with Crippen LogP contribution in [-0.4, -0.2) is 24.7 Å². The topological polar surface area (TPSA) is 79.0 Å². The van der Waals surface area contributed by atoms with E-state index in [1.807, 2.05) is 24.3 Å². The number of rotatable bonds is 1. The number of benzene rings is 1. The van der Waals surface area contributed by atoms with Gasteiger partial charge in [-0.05, 0) is 24.3 Å². The van der Waals surface area contributed by atoms with Gasteiger partial charge in [-0.15, -0.1) is 0 Å². The van der Waals surface area contributed by atoms with E-state index in [1.165, 1.54) is 0 Å². The first-order chi connectivity index (χ1) is 10.6. The molecule has 4 rings (SSSR count). The molecule has 0 radical (unpaired) electrons. The molecule has 2 aliphatic heterocycles. The normalized spacial score (nSPS) is 21.5. The Hall–Kier alpha value is -2.28. The summed E-state index contributed by atoms with van der Waals surface area (Å²) in [5, 5.41) is 0. The summed E-state index contributed by atoms with van der Waals surface area (Å²) in [6.45, 7) is 0.299. The molecule has 2 N–H and O–H groups in total. The van der Waals surface area contributed by atoms with Crippen LogP contribution in [0.15, 0.2) is 39.9 Å². The number of hydrogen-bond acceptors (Lipinski definition) is 6. The summed E-state index contributed by atoms with van der Waals surface area (Å²) in [5.74, 6) is 1.80. The van der Waals surface area contributed by atoms with E-state index in [4.69, 9.17) is 19.9 Å². The zero-order valence-corrected chi connectivity index (χ0v) is 13.3. The molecule has 0 amide bonds. The van der Waals surface area contributed by atoms with Crippen LogP contribution in [0.2, 0.25) is 0 Å². The monoisotopic (exact) mass is 361 g/mol. The van der Waals surface area contributed by atoms with E-state index < -0.39 is 5.54 Å². The van der Waals surface area contributed by atoms with Crippen molar-refractivity contribution in [1.82, 2.24) is 4.98 Å². The van der Waals surface area contributed by atoms with E-state index in [0.29, 0.717) is 24.0 Å². The van der Waals surface area contributed by atoms with Gasteiger partial charge in [-0.3, -0.25) is 0 Å². The predicted molar refractivity (Wildman–Crippen MR) is 83.4 cm³/mol. The van der Waals surface area contributed by atoms with E-state index in [1.54, 1.807) is 13.3 Å². The van der Waals surface area contributed by atoms with Crippen molar-refractivity contribution in [3.63, 3.8) is 0 Å². The lowest BCUT2D eigenvalue weighted by molar-refractivity contribution is 0.261. The summed E-state index contributed by atoms with van der Waals surface area (Å²) in [5.41, 5.74) is 6.68. The van der Waals surface area contributed by atoms with Crippen molar-refractivity contribution < 1.29 is 14.2 Å². The second-order valence-corrected chi connectivity index (χ2v) is 5.99. The molecule has 0 aliphatic carbocycles. The molecule has 6 nitrogen and oxygen atoms in total. The summed E-state index contributed by atoms with van der Waals surface area (Å²) >= 11 is 3.49. The number of methoxy groups -OCH3 is 1. The van der Waals surface area contributed by atoms with Crippen molar-refractivity contribution in [2.24, 2.45) is 10.7 Å². The highest BCUT2D eigenvalue weighted by atomic mass is 79.9. The Labute approximate surface area is 135 Å². The molecule has 22 heavy (non-hydrogen) atoms. The first kappa shape index (κ1) is 13.4. The molecule has 0 bridgehead atoms. The van der Waals surface area contributed by atoms with Crippen LogP contribution in [0.5, 0.6) is 17.4 Å². The Bertz CT molecular complexity index is 809. The van der Waals surface area contributed by atoms with Crippen molar-refractivity contribution in [3.8, 4) is 17.4 Å². The molecule has 1 aromatic carbocycles. The molecule has 0 saturated heterocycles. The molecular weight excluding hydrogens is 350 g/mol. The molecule has 1 unspecified atom stereocenters. The number of hydrogen-bond donors (Lipinski definition) is 1. The van der Waals surface area contributed by atoms with Gasteiger partial charge in [0, 0.05) is 10.0 Å². The van der Waals surface area contributed by atoms with Crippen LogP contribution < -0.4 is 15.2 Å². The van der Waals surface area contributed by atoms with Crippen LogP contribution in [-0.2, 0) is 10.3 Å². The molecular formula is C15H12BrN3O3. The first-order valence-corrected chi connectivity index (χ1v) is 7.42. The van der Waals surface area contributed by atoms with Gasteiger partial charge in [-0.2, -0.15) is 0 Å². The Morgan fingerprint density at radius 1 is 1.32 bits per heavy atom. The molecule has 2 aromatic rings. The highest BCUT2D eigenvalue weighted by molar-refractivity contribution is 9.10. The van der Waals surface area contributed by atoms with Crippen LogP contribution >= 0.6 is 15.9 Å². The Balaban J connectivity index is 2.02. The average Bonchev–Trinajstić information content (AvgIpc) is 2.91. The Kier molecular flexibility index (Phi) is 2.80. The van der Waals surface area contributed by atoms with Crippen LogP contribution in [0.25, 0.3) is 0 Å². The van der Waals surface area contributed by atoms with E-state index in [0.717, 1.165) is 15.6 Å². The Morgan fingerprint density at radius 2 is 2.18 bits per heavy atom. The number of ether oxygens (including phenoxy) is 3. The maximum atomic E-state index is 5.90. The minimum absolute atomic E-state index is 0.154. The van der Waals surface area contributed by atoms with E-state index in [2.05, 4.69) is 25.9 Å². The summed E-state index contributed by atoms with van der Waals surface area (Å²) < 4.78 is 17.6. The van der Waals surface area contributed by atoms with Gasteiger partial charge >= 0.3 is 0 Å². The second kappa shape index (κ2) is 4.61. The smallest absolute Gasteiger partial charge is 0.283 e. The van der Waals surface area contributed by atoms with Gasteiger partial charge < -0.3 is 19.9 Å². The largest absolute Gasteiger partial charge is 0.495 e. The van der Waals surface area contributed by atoms with E-state index in [-0.39, 0.29) is 6.02 Å². The number of aromatic nitrogens is 1. The summed E-state index contributed by atoms with van der Waals surface area (Å²) in [6, 6.07) is 7.76. The molecule has 1 aromatic heterocycles. The van der Waals surface area contributed by atoms with E-state index >= 15 is 0 Å². The third kappa shape index (κ3) is 1.78. The third-order valence-corrected chi connectivity index (χ3v) is 4.32. The van der Waals surface area contributed by atoms with Crippen molar-refractivity contribution in [2.45, 2.75) is 5.54 Å². The molecule has 1 atom stereocenters. The number of amidine groups is 1. The maximum absolute atomic E-state index is 5.90. The summed E-state index contributed by atoms with van der Waals surface area (Å²) in [7, 11) is 1.59. The SMILES string of the molecule is COc1cnc2c(c1)C1(COC(N)=N1)c1cc(Br)ccc1O2. The number of pyridine rings is 1. The van der Waals surface area contributed by atoms with Crippen LogP contribution in [0.4, 0.5) is 0 Å². The highest BCUT2D eigenvalue weighted by Crippen LogP contribution is 2.51. The van der Waals surface area contributed by atoms with Gasteiger partial charge in [0.15, 0.2) is 5.54 Å². The average molecular weight is 362 g/mol. The number of nitrogens with two attached hydrogens (primary N) is 1. The van der Waals surface area contributed by atoms with Gasteiger partial charge in [0.05, 0.1) is 18.9 Å². The fourth-order valence-electron chi connectivity index (χ4n) is 2.79. The fraction of sp³-hybridized carbons (Fsp3) is 0.200. The zero-order valence-electron chi connectivity index (χ0n) is 11.7. The maximum Gasteiger partial charge on any atom is 0.283 e. The number of aliphatic imine (C=N–C) groups is 1. The Morgan fingerprint density at radius 3 is 2.91 bits per heavy atom. The quantitative estimate of drug-likeness (QED) is 0.844. The standard InChI is InChI=1S/C15H12BrN3O3/c1-20-9-5-11-13(18-6-9)22-12-3-2-8(16)4-10(12)15(11)7-21-14(17)19-15/h2-6H,7H2,1H3,(H2,17,19). The molecule has 0 fully saturated rings. The van der Waals surface area contributed by atoms with Crippen molar-refractivity contribution in [1.29, 1.82) is 0 Å². The highest BCUT2D eigenvalue weighted by Gasteiger charge is 2.47.